The molecule has 3 aromatic rings. The van der Waals surface area contributed by atoms with Gasteiger partial charge in [-0.25, -0.2) is 4.98 Å². The first-order valence-electron chi connectivity index (χ1n) is 7.09. The molecule has 2 aromatic heterocycles. The fourth-order valence-electron chi connectivity index (χ4n) is 2.33. The predicted octanol–water partition coefficient (Wildman–Crippen LogP) is 2.99. The van der Waals surface area contributed by atoms with Crippen LogP contribution in [-0.2, 0) is 7.05 Å². The molecule has 1 N–H and O–H groups in total. The van der Waals surface area contributed by atoms with Gasteiger partial charge in [-0.2, -0.15) is 0 Å². The molecule has 116 valence electrons. The lowest BCUT2D eigenvalue weighted by Crippen LogP contribution is -2.31. The van der Waals surface area contributed by atoms with Crippen LogP contribution in [0, 0.1) is 0 Å². The van der Waals surface area contributed by atoms with Crippen LogP contribution in [0.5, 0.6) is 0 Å². The van der Waals surface area contributed by atoms with Crippen LogP contribution in [0.4, 0.5) is 0 Å². The number of hydrogen-bond donors (Lipinski definition) is 1. The molecule has 5 nitrogen and oxygen atoms in total. The maximum absolute atomic E-state index is 12.5. The normalized spacial score (nSPS) is 11.9. The van der Waals surface area contributed by atoms with Crippen molar-refractivity contribution in [3.05, 3.63) is 83.2 Å². The van der Waals surface area contributed by atoms with Gasteiger partial charge in [0.25, 0.3) is 5.91 Å². The highest BCUT2D eigenvalue weighted by atomic mass is 35.5. The first kappa shape index (κ1) is 15.2. The van der Waals surface area contributed by atoms with Gasteiger partial charge in [0.2, 0.25) is 0 Å². The van der Waals surface area contributed by atoms with Gasteiger partial charge in [-0.3, -0.25) is 9.78 Å². The van der Waals surface area contributed by atoms with Crippen molar-refractivity contribution < 1.29 is 4.79 Å². The maximum atomic E-state index is 12.5. The second-order valence-corrected chi connectivity index (χ2v) is 5.53. The van der Waals surface area contributed by atoms with E-state index in [2.05, 4.69) is 15.3 Å². The van der Waals surface area contributed by atoms with Crippen molar-refractivity contribution >= 4 is 17.5 Å². The molecule has 0 aliphatic rings. The molecule has 1 aromatic carbocycles. The van der Waals surface area contributed by atoms with Crippen LogP contribution in [0.15, 0.2) is 61.2 Å². The number of benzene rings is 1. The van der Waals surface area contributed by atoms with Crippen molar-refractivity contribution in [1.82, 2.24) is 19.9 Å². The van der Waals surface area contributed by atoms with Gasteiger partial charge in [0.15, 0.2) is 0 Å². The molecule has 0 radical (unpaired) electrons. The Kier molecular flexibility index (Phi) is 4.39. The van der Waals surface area contributed by atoms with Gasteiger partial charge in [0, 0.05) is 42.4 Å². The van der Waals surface area contributed by atoms with E-state index in [0.717, 1.165) is 11.4 Å². The fraction of sp³-hybridized carbons (Fsp3) is 0.118. The summed E-state index contributed by atoms with van der Waals surface area (Å²) in [5, 5.41) is 3.67. The van der Waals surface area contributed by atoms with Crippen LogP contribution in [-0.4, -0.2) is 20.4 Å². The zero-order valence-corrected chi connectivity index (χ0v) is 13.2. The summed E-state index contributed by atoms with van der Waals surface area (Å²) >= 11 is 5.96. The Morgan fingerprint density at radius 3 is 2.43 bits per heavy atom. The highest BCUT2D eigenvalue weighted by molar-refractivity contribution is 6.30. The van der Waals surface area contributed by atoms with Gasteiger partial charge in [0.05, 0.1) is 0 Å². The number of carbonyl (C=O) groups is 1. The number of pyridine rings is 1. The second-order valence-electron chi connectivity index (χ2n) is 5.09. The monoisotopic (exact) mass is 326 g/mol. The van der Waals surface area contributed by atoms with Crippen LogP contribution in [0.25, 0.3) is 0 Å². The van der Waals surface area contributed by atoms with Gasteiger partial charge in [-0.15, -0.1) is 0 Å². The average molecular weight is 327 g/mol. The van der Waals surface area contributed by atoms with Crippen LogP contribution in [0.1, 0.15) is 27.8 Å². The summed E-state index contributed by atoms with van der Waals surface area (Å²) in [7, 11) is 1.89. The molecular formula is C17H15ClN4O. The number of aromatic nitrogens is 3. The molecule has 23 heavy (non-hydrogen) atoms. The standard InChI is InChI=1S/C17H15ClN4O/c1-22-11-10-20-16(22)15(12-2-4-14(18)5-3-12)21-17(23)13-6-8-19-9-7-13/h2-11,15H,1H3,(H,21,23)/t15-/m0/s1. The molecule has 1 amide bonds. The molecular weight excluding hydrogens is 312 g/mol. The Bertz CT molecular complexity index is 799. The first-order chi connectivity index (χ1) is 11.1. The Morgan fingerprint density at radius 2 is 1.83 bits per heavy atom. The number of hydrogen-bond acceptors (Lipinski definition) is 3. The number of halogens is 1. The van der Waals surface area contributed by atoms with E-state index in [1.165, 1.54) is 0 Å². The van der Waals surface area contributed by atoms with Crippen molar-refractivity contribution in [2.45, 2.75) is 6.04 Å². The number of amides is 1. The minimum Gasteiger partial charge on any atom is -0.338 e. The number of nitrogens with zero attached hydrogens (tertiary/aromatic N) is 3. The molecule has 3 rings (SSSR count). The van der Waals surface area contributed by atoms with Crippen LogP contribution < -0.4 is 5.32 Å². The minimum atomic E-state index is -0.368. The van der Waals surface area contributed by atoms with E-state index in [1.54, 1.807) is 42.9 Å². The summed E-state index contributed by atoms with van der Waals surface area (Å²) in [6, 6.07) is 10.3. The van der Waals surface area contributed by atoms with Crippen molar-refractivity contribution in [2.24, 2.45) is 7.05 Å². The molecule has 0 aliphatic heterocycles. The zero-order chi connectivity index (χ0) is 16.2. The molecule has 0 fully saturated rings. The lowest BCUT2D eigenvalue weighted by atomic mass is 10.1. The SMILES string of the molecule is Cn1ccnc1[C@@H](NC(=O)c1ccncc1)c1ccc(Cl)cc1. The van der Waals surface area contributed by atoms with E-state index in [4.69, 9.17) is 11.6 Å². The Hall–Kier alpha value is -2.66. The summed E-state index contributed by atoms with van der Waals surface area (Å²) in [6.07, 6.45) is 6.73. The minimum absolute atomic E-state index is 0.185. The zero-order valence-electron chi connectivity index (χ0n) is 12.5. The highest BCUT2D eigenvalue weighted by Crippen LogP contribution is 2.22. The predicted molar refractivity (Wildman–Crippen MR) is 88.2 cm³/mol. The molecule has 0 saturated carbocycles. The van der Waals surface area contributed by atoms with E-state index in [-0.39, 0.29) is 11.9 Å². The van der Waals surface area contributed by atoms with E-state index >= 15 is 0 Å². The van der Waals surface area contributed by atoms with Gasteiger partial charge in [-0.05, 0) is 29.8 Å². The lowest BCUT2D eigenvalue weighted by molar-refractivity contribution is 0.0941. The van der Waals surface area contributed by atoms with Gasteiger partial charge in [0.1, 0.15) is 11.9 Å². The third kappa shape index (κ3) is 3.40. The number of nitrogens with one attached hydrogen (secondary N) is 1. The summed E-state index contributed by atoms with van der Waals surface area (Å²) in [4.78, 5) is 20.8. The Labute approximate surface area is 139 Å². The topological polar surface area (TPSA) is 59.8 Å². The molecule has 0 spiro atoms. The maximum Gasteiger partial charge on any atom is 0.252 e. The van der Waals surface area contributed by atoms with E-state index in [9.17, 15) is 4.79 Å². The fourth-order valence-corrected chi connectivity index (χ4v) is 2.45. The quantitative estimate of drug-likeness (QED) is 0.801. The van der Waals surface area contributed by atoms with E-state index in [1.807, 2.05) is 29.9 Å². The highest BCUT2D eigenvalue weighted by Gasteiger charge is 2.21. The van der Waals surface area contributed by atoms with Crippen molar-refractivity contribution in [3.8, 4) is 0 Å². The summed E-state index contributed by atoms with van der Waals surface area (Å²) in [5.41, 5.74) is 1.46. The third-order valence-electron chi connectivity index (χ3n) is 3.54. The Balaban J connectivity index is 1.94. The number of imidazole rings is 1. The van der Waals surface area contributed by atoms with E-state index < -0.39 is 0 Å². The lowest BCUT2D eigenvalue weighted by Gasteiger charge is -2.19. The molecule has 2 heterocycles. The molecule has 0 aliphatic carbocycles. The molecule has 6 heteroatoms. The summed E-state index contributed by atoms with van der Waals surface area (Å²) < 4.78 is 1.88. The third-order valence-corrected chi connectivity index (χ3v) is 3.79. The van der Waals surface area contributed by atoms with Gasteiger partial charge < -0.3 is 9.88 Å². The average Bonchev–Trinajstić information content (AvgIpc) is 3.00. The molecule has 1 atom stereocenters. The van der Waals surface area contributed by atoms with Crippen molar-refractivity contribution in [2.75, 3.05) is 0 Å². The van der Waals surface area contributed by atoms with Gasteiger partial charge >= 0.3 is 0 Å². The molecule has 0 saturated heterocycles. The van der Waals surface area contributed by atoms with Crippen molar-refractivity contribution in [3.63, 3.8) is 0 Å². The number of aryl methyl sites for hydroxylation is 1. The largest absolute Gasteiger partial charge is 0.338 e. The van der Waals surface area contributed by atoms with Crippen LogP contribution in [0.3, 0.4) is 0 Å². The Morgan fingerprint density at radius 1 is 1.13 bits per heavy atom. The van der Waals surface area contributed by atoms with E-state index in [0.29, 0.717) is 10.6 Å². The van der Waals surface area contributed by atoms with Gasteiger partial charge in [-0.1, -0.05) is 23.7 Å². The smallest absolute Gasteiger partial charge is 0.252 e. The number of carbonyl (C=O) groups excluding carboxylic acids is 1. The molecule has 0 bridgehead atoms. The van der Waals surface area contributed by atoms with Crippen LogP contribution in [0.2, 0.25) is 5.02 Å². The van der Waals surface area contributed by atoms with Crippen LogP contribution >= 0.6 is 11.6 Å². The second kappa shape index (κ2) is 6.62. The summed E-state index contributed by atoms with van der Waals surface area (Å²) in [5.74, 6) is 0.560. The summed E-state index contributed by atoms with van der Waals surface area (Å²) in [6.45, 7) is 0. The van der Waals surface area contributed by atoms with Crippen molar-refractivity contribution in [1.29, 1.82) is 0 Å². The molecule has 0 unspecified atom stereocenters. The number of rotatable bonds is 4. The first-order valence-corrected chi connectivity index (χ1v) is 7.46.